The van der Waals surface area contributed by atoms with E-state index in [1.54, 1.807) is 0 Å². The van der Waals surface area contributed by atoms with Crippen LogP contribution in [-0.2, 0) is 11.2 Å². The molecule has 0 aliphatic carbocycles. The van der Waals surface area contributed by atoms with Crippen LogP contribution in [0.4, 0.5) is 11.6 Å². The molecule has 0 aliphatic heterocycles. The quantitative estimate of drug-likeness (QED) is 0.788. The van der Waals surface area contributed by atoms with E-state index in [1.807, 2.05) is 39.8 Å². The van der Waals surface area contributed by atoms with Crippen molar-refractivity contribution in [3.63, 3.8) is 0 Å². The fourth-order valence-electron chi connectivity index (χ4n) is 1.93. The third-order valence-electron chi connectivity index (χ3n) is 3.03. The average Bonchev–Trinajstić information content (AvgIpc) is 2.45. The van der Waals surface area contributed by atoms with E-state index >= 15 is 0 Å². The normalized spacial score (nSPS) is 10.2. The fourth-order valence-corrected chi connectivity index (χ4v) is 1.93. The SMILES string of the molecule is CCCNC(=O)CN(C)c1nc(CC)nc(NC)c1C. The summed E-state index contributed by atoms with van der Waals surface area (Å²) < 4.78 is 0. The number of rotatable bonds is 7. The number of aryl methyl sites for hydroxylation is 1. The number of hydrogen-bond acceptors (Lipinski definition) is 5. The van der Waals surface area contributed by atoms with Gasteiger partial charge in [-0.15, -0.1) is 0 Å². The molecule has 0 bridgehead atoms. The summed E-state index contributed by atoms with van der Waals surface area (Å²) in [6.45, 7) is 7.01. The number of likely N-dealkylation sites (N-methyl/N-ethyl adjacent to an activating group) is 1. The Bertz CT molecular complexity index is 461. The lowest BCUT2D eigenvalue weighted by atomic mass is 10.2. The molecule has 0 fully saturated rings. The van der Waals surface area contributed by atoms with Crippen LogP contribution in [0.1, 0.15) is 31.7 Å². The molecule has 0 spiro atoms. The van der Waals surface area contributed by atoms with Crippen molar-refractivity contribution in [1.29, 1.82) is 0 Å². The summed E-state index contributed by atoms with van der Waals surface area (Å²) >= 11 is 0. The van der Waals surface area contributed by atoms with Crippen LogP contribution in [0.15, 0.2) is 0 Å². The number of carbonyl (C=O) groups excluding carboxylic acids is 1. The number of nitrogens with one attached hydrogen (secondary N) is 2. The van der Waals surface area contributed by atoms with Gasteiger partial charge in [0.2, 0.25) is 5.91 Å². The maximum atomic E-state index is 11.8. The molecular weight excluding hydrogens is 254 g/mol. The number of nitrogens with zero attached hydrogens (tertiary/aromatic N) is 3. The Kier molecular flexibility index (Phi) is 6.21. The molecule has 0 atom stereocenters. The van der Waals surface area contributed by atoms with E-state index in [4.69, 9.17) is 0 Å². The van der Waals surface area contributed by atoms with Gasteiger partial charge < -0.3 is 15.5 Å². The molecule has 1 aromatic heterocycles. The Morgan fingerprint density at radius 3 is 2.55 bits per heavy atom. The second kappa shape index (κ2) is 7.67. The van der Waals surface area contributed by atoms with Crippen LogP contribution in [-0.4, -0.2) is 43.1 Å². The third kappa shape index (κ3) is 4.08. The first-order valence-corrected chi connectivity index (χ1v) is 7.06. The molecule has 0 saturated carbocycles. The Hall–Kier alpha value is -1.85. The van der Waals surface area contributed by atoms with E-state index in [1.165, 1.54) is 0 Å². The first-order valence-electron chi connectivity index (χ1n) is 7.06. The lowest BCUT2D eigenvalue weighted by Crippen LogP contribution is -2.36. The molecule has 20 heavy (non-hydrogen) atoms. The molecule has 0 aromatic carbocycles. The Balaban J connectivity index is 2.91. The largest absolute Gasteiger partial charge is 0.373 e. The van der Waals surface area contributed by atoms with Gasteiger partial charge in [0.15, 0.2) is 0 Å². The molecule has 0 aliphatic rings. The minimum absolute atomic E-state index is 0.0106. The predicted octanol–water partition coefficient (Wildman–Crippen LogP) is 1.35. The molecule has 2 N–H and O–H groups in total. The Morgan fingerprint density at radius 2 is 2.00 bits per heavy atom. The molecule has 1 heterocycles. The lowest BCUT2D eigenvalue weighted by molar-refractivity contribution is -0.119. The molecule has 112 valence electrons. The van der Waals surface area contributed by atoms with Gasteiger partial charge in [-0.05, 0) is 13.3 Å². The summed E-state index contributed by atoms with van der Waals surface area (Å²) in [4.78, 5) is 22.6. The topological polar surface area (TPSA) is 70.2 Å². The molecular formula is C14H25N5O. The van der Waals surface area contributed by atoms with E-state index in [-0.39, 0.29) is 5.91 Å². The van der Waals surface area contributed by atoms with Crippen molar-refractivity contribution in [3.8, 4) is 0 Å². The van der Waals surface area contributed by atoms with E-state index in [9.17, 15) is 4.79 Å². The van der Waals surface area contributed by atoms with Crippen molar-refractivity contribution in [2.45, 2.75) is 33.6 Å². The third-order valence-corrected chi connectivity index (χ3v) is 3.03. The van der Waals surface area contributed by atoms with Gasteiger partial charge in [-0.1, -0.05) is 13.8 Å². The van der Waals surface area contributed by atoms with Gasteiger partial charge in [-0.2, -0.15) is 0 Å². The number of carbonyl (C=O) groups is 1. The average molecular weight is 279 g/mol. The van der Waals surface area contributed by atoms with Crippen LogP contribution in [0.3, 0.4) is 0 Å². The summed E-state index contributed by atoms with van der Waals surface area (Å²) in [6, 6.07) is 0. The number of hydrogen-bond donors (Lipinski definition) is 2. The minimum Gasteiger partial charge on any atom is -0.373 e. The number of amides is 1. The molecule has 0 radical (unpaired) electrons. The molecule has 1 amide bonds. The summed E-state index contributed by atoms with van der Waals surface area (Å²) in [5.74, 6) is 2.40. The van der Waals surface area contributed by atoms with Crippen LogP contribution in [0.5, 0.6) is 0 Å². The maximum absolute atomic E-state index is 11.8. The van der Waals surface area contributed by atoms with Crippen LogP contribution in [0, 0.1) is 6.92 Å². The monoisotopic (exact) mass is 279 g/mol. The standard InChI is InChI=1S/C14H25N5O/c1-6-8-16-12(20)9-19(5)14-10(3)13(15-4)17-11(7-2)18-14/h6-9H2,1-5H3,(H,16,20)(H,15,17,18). The summed E-state index contributed by atoms with van der Waals surface area (Å²) in [7, 11) is 3.71. The summed E-state index contributed by atoms with van der Waals surface area (Å²) in [5, 5.41) is 5.94. The van der Waals surface area contributed by atoms with Gasteiger partial charge in [0.1, 0.15) is 17.5 Å². The molecule has 0 unspecified atom stereocenters. The van der Waals surface area contributed by atoms with Crippen LogP contribution >= 0.6 is 0 Å². The Morgan fingerprint density at radius 1 is 1.30 bits per heavy atom. The van der Waals surface area contributed by atoms with Crippen molar-refractivity contribution in [2.75, 3.05) is 37.4 Å². The molecule has 6 heteroatoms. The van der Waals surface area contributed by atoms with Gasteiger partial charge in [-0.25, -0.2) is 9.97 Å². The van der Waals surface area contributed by atoms with Crippen molar-refractivity contribution in [2.24, 2.45) is 0 Å². The highest BCUT2D eigenvalue weighted by Gasteiger charge is 2.15. The highest BCUT2D eigenvalue weighted by Crippen LogP contribution is 2.22. The number of aromatic nitrogens is 2. The summed E-state index contributed by atoms with van der Waals surface area (Å²) in [5.41, 5.74) is 0.954. The zero-order valence-corrected chi connectivity index (χ0v) is 13.1. The van der Waals surface area contributed by atoms with Crippen LogP contribution in [0.2, 0.25) is 0 Å². The van der Waals surface area contributed by atoms with Crippen LogP contribution < -0.4 is 15.5 Å². The second-order valence-corrected chi connectivity index (χ2v) is 4.75. The molecule has 1 aromatic rings. The Labute approximate surface area is 121 Å². The first kappa shape index (κ1) is 16.2. The van der Waals surface area contributed by atoms with Gasteiger partial charge in [0.25, 0.3) is 0 Å². The van der Waals surface area contributed by atoms with Crippen LogP contribution in [0.25, 0.3) is 0 Å². The molecule has 6 nitrogen and oxygen atoms in total. The van der Waals surface area contributed by atoms with Crippen molar-refractivity contribution >= 4 is 17.5 Å². The molecule has 0 saturated heterocycles. The predicted molar refractivity (Wildman–Crippen MR) is 82.3 cm³/mol. The van der Waals surface area contributed by atoms with Gasteiger partial charge in [0.05, 0.1) is 6.54 Å². The molecule has 1 rings (SSSR count). The fraction of sp³-hybridized carbons (Fsp3) is 0.643. The van der Waals surface area contributed by atoms with Gasteiger partial charge >= 0.3 is 0 Å². The smallest absolute Gasteiger partial charge is 0.239 e. The first-order chi connectivity index (χ1) is 9.53. The zero-order valence-electron chi connectivity index (χ0n) is 13.1. The van der Waals surface area contributed by atoms with E-state index in [0.717, 1.165) is 35.9 Å². The van der Waals surface area contributed by atoms with Crippen molar-refractivity contribution in [1.82, 2.24) is 15.3 Å². The van der Waals surface area contributed by atoms with Gasteiger partial charge in [0, 0.05) is 32.6 Å². The second-order valence-electron chi connectivity index (χ2n) is 4.75. The minimum atomic E-state index is 0.0106. The van der Waals surface area contributed by atoms with Crippen molar-refractivity contribution < 1.29 is 4.79 Å². The zero-order chi connectivity index (χ0) is 15.1. The highest BCUT2D eigenvalue weighted by molar-refractivity contribution is 5.81. The summed E-state index contributed by atoms with van der Waals surface area (Å²) in [6.07, 6.45) is 1.70. The van der Waals surface area contributed by atoms with E-state index in [2.05, 4.69) is 20.6 Å². The maximum Gasteiger partial charge on any atom is 0.239 e. The number of anilines is 2. The highest BCUT2D eigenvalue weighted by atomic mass is 16.2. The van der Waals surface area contributed by atoms with Gasteiger partial charge in [-0.3, -0.25) is 4.79 Å². The lowest BCUT2D eigenvalue weighted by Gasteiger charge is -2.21. The van der Waals surface area contributed by atoms with E-state index in [0.29, 0.717) is 13.1 Å². The van der Waals surface area contributed by atoms with E-state index < -0.39 is 0 Å². The van der Waals surface area contributed by atoms with Crippen molar-refractivity contribution in [3.05, 3.63) is 11.4 Å².